The van der Waals surface area contributed by atoms with Crippen LogP contribution in [0.15, 0.2) is 29.6 Å². The molecule has 1 aromatic rings. The first-order chi connectivity index (χ1) is 11.7. The Kier molecular flexibility index (Phi) is 5.39. The number of phenols is 1. The van der Waals surface area contributed by atoms with Gasteiger partial charge in [-0.1, -0.05) is 17.7 Å². The predicted molar refractivity (Wildman–Crippen MR) is 89.3 cm³/mol. The number of ether oxygens (including phenoxy) is 2. The molecule has 0 amide bonds. The molecule has 0 heterocycles. The Hall–Kier alpha value is -2.51. The lowest BCUT2D eigenvalue weighted by molar-refractivity contribution is 0.0588. The van der Waals surface area contributed by atoms with Gasteiger partial charge in [0.25, 0.3) is 0 Å². The summed E-state index contributed by atoms with van der Waals surface area (Å²) in [5.41, 5.74) is -0.189. The minimum absolute atomic E-state index is 0.0317. The maximum absolute atomic E-state index is 12.9. The van der Waals surface area contributed by atoms with Crippen LogP contribution in [0.1, 0.15) is 27.6 Å². The Balaban J connectivity index is 2.65. The van der Waals surface area contributed by atoms with Crippen molar-refractivity contribution < 1.29 is 34.4 Å². The van der Waals surface area contributed by atoms with E-state index in [1.165, 1.54) is 19.3 Å². The number of benzene rings is 1. The number of carbonyl (C=O) groups is 2. The summed E-state index contributed by atoms with van der Waals surface area (Å²) in [6.07, 6.45) is 1.36. The molecule has 0 saturated carbocycles. The molecule has 1 aromatic carbocycles. The third-order valence-corrected chi connectivity index (χ3v) is 4.19. The maximum atomic E-state index is 12.9. The molecular formula is C17H17ClO7. The van der Waals surface area contributed by atoms with E-state index >= 15 is 0 Å². The fraction of sp³-hybridized carbons (Fsp3) is 0.294. The molecule has 2 unspecified atom stereocenters. The molecule has 0 aromatic heterocycles. The number of phenolic OH excluding ortho intramolecular Hbond substituents is 1. The largest absolute Gasteiger partial charge is 0.511 e. The molecule has 134 valence electrons. The fourth-order valence-electron chi connectivity index (χ4n) is 2.65. The van der Waals surface area contributed by atoms with E-state index < -0.39 is 35.1 Å². The molecule has 3 N–H and O–H groups in total. The molecule has 2 atom stereocenters. The van der Waals surface area contributed by atoms with Crippen molar-refractivity contribution in [1.82, 2.24) is 0 Å². The Morgan fingerprint density at radius 2 is 1.88 bits per heavy atom. The van der Waals surface area contributed by atoms with Gasteiger partial charge in [0.15, 0.2) is 5.78 Å². The molecule has 0 bridgehead atoms. The maximum Gasteiger partial charge on any atom is 0.338 e. The normalized spacial score (nSPS) is 19.7. The van der Waals surface area contributed by atoms with Crippen LogP contribution in [-0.4, -0.2) is 47.4 Å². The van der Waals surface area contributed by atoms with E-state index in [1.54, 1.807) is 6.92 Å². The quantitative estimate of drug-likeness (QED) is 0.552. The van der Waals surface area contributed by atoms with Gasteiger partial charge in [-0.05, 0) is 24.6 Å². The van der Waals surface area contributed by atoms with E-state index in [-0.39, 0.29) is 22.1 Å². The number of hydrogen-bond acceptors (Lipinski definition) is 7. The van der Waals surface area contributed by atoms with Gasteiger partial charge in [0, 0.05) is 0 Å². The zero-order chi connectivity index (χ0) is 18.9. The van der Waals surface area contributed by atoms with Gasteiger partial charge in [0.1, 0.15) is 28.2 Å². The summed E-state index contributed by atoms with van der Waals surface area (Å²) in [6.45, 7) is 1.64. The standard InChI is InChI=1S/C17H17ClO7/c1-7-4-9(19)13(10(20)5-7)15(21)12-8(17(23)25-3)6-11(24-2)14(18)16(12)22/h4-6,9,13,19-20,22H,1-3H3. The van der Waals surface area contributed by atoms with Crippen molar-refractivity contribution >= 4 is 23.4 Å². The molecule has 0 radical (unpaired) electrons. The van der Waals surface area contributed by atoms with Crippen LogP contribution in [0.25, 0.3) is 0 Å². The van der Waals surface area contributed by atoms with Crippen LogP contribution in [0.5, 0.6) is 11.5 Å². The smallest absolute Gasteiger partial charge is 0.338 e. The first kappa shape index (κ1) is 18.8. The average molecular weight is 369 g/mol. The summed E-state index contributed by atoms with van der Waals surface area (Å²) in [5.74, 6) is -4.29. The van der Waals surface area contributed by atoms with Crippen molar-refractivity contribution in [3.05, 3.63) is 45.7 Å². The third-order valence-electron chi connectivity index (χ3n) is 3.83. The molecule has 0 fully saturated rings. The number of esters is 1. The van der Waals surface area contributed by atoms with Crippen molar-refractivity contribution in [3.8, 4) is 11.5 Å². The number of Topliss-reactive ketones (excluding diaryl/α,β-unsaturated/α-hetero) is 1. The first-order valence-corrected chi connectivity index (χ1v) is 7.59. The molecule has 0 aliphatic heterocycles. The van der Waals surface area contributed by atoms with Crippen LogP contribution < -0.4 is 4.74 Å². The van der Waals surface area contributed by atoms with Crippen LogP contribution in [0.3, 0.4) is 0 Å². The molecule has 0 saturated heterocycles. The number of allylic oxidation sites excluding steroid dienone is 2. The Bertz CT molecular complexity index is 795. The highest BCUT2D eigenvalue weighted by Gasteiger charge is 2.37. The molecule has 0 spiro atoms. The van der Waals surface area contributed by atoms with E-state index in [2.05, 4.69) is 4.74 Å². The molecule has 8 heteroatoms. The van der Waals surface area contributed by atoms with Crippen LogP contribution in [0.4, 0.5) is 0 Å². The second kappa shape index (κ2) is 7.16. The van der Waals surface area contributed by atoms with E-state index in [0.29, 0.717) is 5.57 Å². The minimum atomic E-state index is -1.39. The van der Waals surface area contributed by atoms with Crippen LogP contribution in [0, 0.1) is 5.92 Å². The summed E-state index contributed by atoms with van der Waals surface area (Å²) in [5, 5.41) is 30.3. The van der Waals surface area contributed by atoms with E-state index in [9.17, 15) is 24.9 Å². The number of aliphatic hydroxyl groups is 2. The summed E-state index contributed by atoms with van der Waals surface area (Å²) in [4.78, 5) is 24.9. The van der Waals surface area contributed by atoms with Gasteiger partial charge in [0.05, 0.1) is 31.5 Å². The van der Waals surface area contributed by atoms with Crippen molar-refractivity contribution in [2.75, 3.05) is 14.2 Å². The average Bonchev–Trinajstić information content (AvgIpc) is 2.55. The summed E-state index contributed by atoms with van der Waals surface area (Å²) in [7, 11) is 2.38. The lowest BCUT2D eigenvalue weighted by Crippen LogP contribution is -2.32. The monoisotopic (exact) mass is 368 g/mol. The molecule has 1 aliphatic carbocycles. The number of halogens is 1. The van der Waals surface area contributed by atoms with Crippen LogP contribution in [0.2, 0.25) is 5.02 Å². The predicted octanol–water partition coefficient (Wildman–Crippen LogP) is 2.40. The summed E-state index contributed by atoms with van der Waals surface area (Å²) < 4.78 is 9.59. The van der Waals surface area contributed by atoms with Gasteiger partial charge in [-0.3, -0.25) is 4.79 Å². The minimum Gasteiger partial charge on any atom is -0.511 e. The number of methoxy groups -OCH3 is 2. The Morgan fingerprint density at radius 3 is 2.40 bits per heavy atom. The molecular weight excluding hydrogens is 352 g/mol. The van der Waals surface area contributed by atoms with E-state index in [4.69, 9.17) is 16.3 Å². The van der Waals surface area contributed by atoms with Gasteiger partial charge >= 0.3 is 5.97 Å². The second-order valence-electron chi connectivity index (χ2n) is 5.47. The number of ketones is 1. The number of aliphatic hydroxyl groups excluding tert-OH is 2. The SMILES string of the molecule is COC(=O)c1cc(OC)c(Cl)c(O)c1C(=O)C1C(O)=CC(C)=CC1O. The van der Waals surface area contributed by atoms with Crippen LogP contribution in [-0.2, 0) is 4.74 Å². The van der Waals surface area contributed by atoms with Crippen molar-refractivity contribution in [2.24, 2.45) is 5.92 Å². The second-order valence-corrected chi connectivity index (χ2v) is 5.85. The molecule has 1 aliphatic rings. The Labute approximate surface area is 148 Å². The van der Waals surface area contributed by atoms with Crippen molar-refractivity contribution in [2.45, 2.75) is 13.0 Å². The zero-order valence-electron chi connectivity index (χ0n) is 13.7. The molecule has 7 nitrogen and oxygen atoms in total. The number of carbonyl (C=O) groups excluding carboxylic acids is 2. The lowest BCUT2D eigenvalue weighted by atomic mass is 9.84. The number of rotatable bonds is 4. The summed E-state index contributed by atoms with van der Waals surface area (Å²) in [6, 6.07) is 1.15. The van der Waals surface area contributed by atoms with Gasteiger partial charge in [0.2, 0.25) is 0 Å². The van der Waals surface area contributed by atoms with E-state index in [1.807, 2.05) is 0 Å². The topological polar surface area (TPSA) is 113 Å². The highest BCUT2D eigenvalue weighted by atomic mass is 35.5. The molecule has 25 heavy (non-hydrogen) atoms. The van der Waals surface area contributed by atoms with E-state index in [0.717, 1.165) is 13.2 Å². The third kappa shape index (κ3) is 3.33. The Morgan fingerprint density at radius 1 is 1.24 bits per heavy atom. The van der Waals surface area contributed by atoms with Gasteiger partial charge < -0.3 is 24.8 Å². The van der Waals surface area contributed by atoms with Crippen LogP contribution >= 0.6 is 11.6 Å². The highest BCUT2D eigenvalue weighted by molar-refractivity contribution is 6.34. The molecule has 2 rings (SSSR count). The van der Waals surface area contributed by atoms with Crippen molar-refractivity contribution in [1.29, 1.82) is 0 Å². The summed E-state index contributed by atoms with van der Waals surface area (Å²) >= 11 is 5.97. The van der Waals surface area contributed by atoms with Gasteiger partial charge in [-0.15, -0.1) is 0 Å². The number of aromatic hydroxyl groups is 1. The van der Waals surface area contributed by atoms with Gasteiger partial charge in [-0.25, -0.2) is 4.79 Å². The van der Waals surface area contributed by atoms with Gasteiger partial charge in [-0.2, -0.15) is 0 Å². The zero-order valence-corrected chi connectivity index (χ0v) is 14.5. The van der Waals surface area contributed by atoms with Crippen molar-refractivity contribution in [3.63, 3.8) is 0 Å². The fourth-order valence-corrected chi connectivity index (χ4v) is 2.87. The highest BCUT2D eigenvalue weighted by Crippen LogP contribution is 2.41. The first-order valence-electron chi connectivity index (χ1n) is 7.21. The number of hydrogen-bond donors (Lipinski definition) is 3. The lowest BCUT2D eigenvalue weighted by Gasteiger charge is -2.24.